The zero-order chi connectivity index (χ0) is 20.5. The van der Waals surface area contributed by atoms with Crippen molar-refractivity contribution in [3.8, 4) is 0 Å². The highest BCUT2D eigenvalue weighted by atomic mass is 28.4. The van der Waals surface area contributed by atoms with Crippen molar-refractivity contribution < 1.29 is 18.7 Å². The minimum absolute atomic E-state index is 0.147. The third kappa shape index (κ3) is 4.75. The number of cyclic esters (lactones) is 1. The van der Waals surface area contributed by atoms with E-state index in [1.165, 1.54) is 0 Å². The molecule has 4 nitrogen and oxygen atoms in total. The van der Waals surface area contributed by atoms with Crippen LogP contribution in [0.15, 0.2) is 35.3 Å². The van der Waals surface area contributed by atoms with Crippen molar-refractivity contribution in [3.63, 3.8) is 0 Å². The van der Waals surface area contributed by atoms with E-state index in [1.807, 2.05) is 13.8 Å². The minimum Gasteiger partial charge on any atom is -0.494 e. The van der Waals surface area contributed by atoms with E-state index in [-0.39, 0.29) is 11.0 Å². The van der Waals surface area contributed by atoms with E-state index in [2.05, 4.69) is 52.9 Å². The van der Waals surface area contributed by atoms with Crippen LogP contribution >= 0.6 is 0 Å². The summed E-state index contributed by atoms with van der Waals surface area (Å²) in [5.41, 5.74) is 1.51. The summed E-state index contributed by atoms with van der Waals surface area (Å²) in [6.45, 7) is 18.8. The first-order valence-electron chi connectivity index (χ1n) is 9.94. The number of fused-ring (bicyclic) bond motifs is 1. The van der Waals surface area contributed by atoms with Gasteiger partial charge in [0.25, 0.3) is 0 Å². The molecule has 0 spiro atoms. The highest BCUT2D eigenvalue weighted by molar-refractivity contribution is 6.74. The van der Waals surface area contributed by atoms with Crippen LogP contribution in [0.3, 0.4) is 0 Å². The maximum absolute atomic E-state index is 12.0. The molecule has 0 aromatic heterocycles. The molecule has 27 heavy (non-hydrogen) atoms. The van der Waals surface area contributed by atoms with Crippen LogP contribution in [-0.4, -0.2) is 27.5 Å². The van der Waals surface area contributed by atoms with Gasteiger partial charge in [-0.3, -0.25) is 4.79 Å². The van der Waals surface area contributed by atoms with Gasteiger partial charge in [0.15, 0.2) is 8.32 Å². The topological polar surface area (TPSA) is 44.8 Å². The molecule has 0 aromatic carbocycles. The Morgan fingerprint density at radius 3 is 2.67 bits per heavy atom. The van der Waals surface area contributed by atoms with Crippen LogP contribution in [0.1, 0.15) is 54.4 Å². The lowest BCUT2D eigenvalue weighted by Gasteiger charge is -2.36. The first-order valence-corrected chi connectivity index (χ1v) is 12.8. The predicted molar refractivity (Wildman–Crippen MR) is 112 cm³/mol. The summed E-state index contributed by atoms with van der Waals surface area (Å²) in [7, 11) is -1.69. The molecule has 0 aromatic rings. The van der Waals surface area contributed by atoms with Crippen molar-refractivity contribution in [2.45, 2.75) is 72.5 Å². The smallest absolute Gasteiger partial charge is 0.321 e. The van der Waals surface area contributed by atoms with E-state index in [4.69, 9.17) is 13.9 Å². The SMILES string of the molecule is CC1=C(OC/C=C/[C@@H](C)CO[Si](C)(C)C(C)(C)C)CC[C@]2(C)C(=O)OC=C12. The molecule has 1 aliphatic carbocycles. The van der Waals surface area contributed by atoms with Crippen LogP contribution in [0, 0.1) is 11.3 Å². The molecular weight excluding hydrogens is 356 g/mol. The van der Waals surface area contributed by atoms with Gasteiger partial charge < -0.3 is 13.9 Å². The lowest BCUT2D eigenvalue weighted by atomic mass is 9.72. The van der Waals surface area contributed by atoms with E-state index in [0.717, 1.165) is 36.4 Å². The molecule has 0 N–H and O–H groups in total. The highest BCUT2D eigenvalue weighted by Crippen LogP contribution is 2.47. The number of hydrogen-bond acceptors (Lipinski definition) is 4. The van der Waals surface area contributed by atoms with Gasteiger partial charge in [-0.25, -0.2) is 0 Å². The summed E-state index contributed by atoms with van der Waals surface area (Å²) < 4.78 is 17.4. The Balaban J connectivity index is 1.84. The minimum atomic E-state index is -1.69. The highest BCUT2D eigenvalue weighted by Gasteiger charge is 2.46. The first-order chi connectivity index (χ1) is 12.4. The predicted octanol–water partition coefficient (Wildman–Crippen LogP) is 5.73. The van der Waals surface area contributed by atoms with Crippen molar-refractivity contribution in [3.05, 3.63) is 35.3 Å². The molecule has 1 heterocycles. The third-order valence-electron chi connectivity index (χ3n) is 6.33. The Bertz CT molecular complexity index is 666. The zero-order valence-corrected chi connectivity index (χ0v) is 19.3. The van der Waals surface area contributed by atoms with E-state index >= 15 is 0 Å². The molecule has 0 saturated heterocycles. The number of carbonyl (C=O) groups is 1. The van der Waals surface area contributed by atoms with Crippen LogP contribution in [0.4, 0.5) is 0 Å². The van der Waals surface area contributed by atoms with Crippen LogP contribution in [0.2, 0.25) is 18.1 Å². The lowest BCUT2D eigenvalue weighted by Crippen LogP contribution is -2.41. The zero-order valence-electron chi connectivity index (χ0n) is 18.3. The standard InChI is InChI=1S/C22H36O4Si/c1-16(14-26-27(7,8)21(3,4)5)10-9-13-24-19-11-12-22(6)18(17(19)2)15-25-20(22)23/h9-10,15-16H,11-14H2,1-8H3/b10-9+/t16-,22+/m1/s1. The van der Waals surface area contributed by atoms with Crippen LogP contribution in [0.25, 0.3) is 0 Å². The quantitative estimate of drug-likeness (QED) is 0.315. The number of hydrogen-bond donors (Lipinski definition) is 0. The van der Waals surface area contributed by atoms with Gasteiger partial charge >= 0.3 is 5.97 Å². The summed E-state index contributed by atoms with van der Waals surface area (Å²) in [5, 5.41) is 0.235. The molecule has 0 bridgehead atoms. The maximum Gasteiger partial charge on any atom is 0.321 e. The van der Waals surface area contributed by atoms with Gasteiger partial charge in [-0.05, 0) is 49.9 Å². The van der Waals surface area contributed by atoms with Crippen molar-refractivity contribution in [2.75, 3.05) is 13.2 Å². The van der Waals surface area contributed by atoms with E-state index in [0.29, 0.717) is 12.5 Å². The van der Waals surface area contributed by atoms with Crippen molar-refractivity contribution >= 4 is 14.3 Å². The fourth-order valence-electron chi connectivity index (χ4n) is 3.15. The van der Waals surface area contributed by atoms with Gasteiger partial charge in [0.2, 0.25) is 0 Å². The van der Waals surface area contributed by atoms with Crippen molar-refractivity contribution in [1.29, 1.82) is 0 Å². The largest absolute Gasteiger partial charge is 0.494 e. The van der Waals surface area contributed by atoms with Crippen LogP contribution in [0.5, 0.6) is 0 Å². The van der Waals surface area contributed by atoms with Crippen LogP contribution < -0.4 is 0 Å². The Kier molecular flexibility index (Phi) is 6.47. The van der Waals surface area contributed by atoms with Crippen molar-refractivity contribution in [1.82, 2.24) is 0 Å². The molecule has 152 valence electrons. The molecule has 0 saturated carbocycles. The second kappa shape index (κ2) is 7.96. The van der Waals surface area contributed by atoms with Gasteiger partial charge in [0.1, 0.15) is 6.61 Å². The first kappa shape index (κ1) is 22.0. The van der Waals surface area contributed by atoms with Crippen LogP contribution in [-0.2, 0) is 18.7 Å². The average molecular weight is 393 g/mol. The van der Waals surface area contributed by atoms with Gasteiger partial charge in [0.05, 0.1) is 17.4 Å². The number of carbonyl (C=O) groups excluding carboxylic acids is 1. The maximum atomic E-state index is 12.0. The number of esters is 1. The lowest BCUT2D eigenvalue weighted by molar-refractivity contribution is -0.144. The Labute approximate surface area is 165 Å². The fraction of sp³-hybridized carbons (Fsp3) is 0.682. The molecule has 0 fully saturated rings. The average Bonchev–Trinajstić information content (AvgIpc) is 2.87. The van der Waals surface area contributed by atoms with Gasteiger partial charge in [-0.1, -0.05) is 39.8 Å². The second-order valence-electron chi connectivity index (χ2n) is 9.60. The molecule has 0 unspecified atom stereocenters. The molecule has 5 heteroatoms. The van der Waals surface area contributed by atoms with Gasteiger partial charge in [-0.2, -0.15) is 0 Å². The Morgan fingerprint density at radius 1 is 1.37 bits per heavy atom. The summed E-state index contributed by atoms with van der Waals surface area (Å²) in [5.74, 6) is 1.18. The summed E-state index contributed by atoms with van der Waals surface area (Å²) >= 11 is 0. The third-order valence-corrected chi connectivity index (χ3v) is 10.8. The Hall–Kier alpha value is -1.33. The normalized spacial score (nSPS) is 24.7. The number of rotatable bonds is 7. The molecule has 0 radical (unpaired) electrons. The molecule has 2 rings (SSSR count). The number of allylic oxidation sites excluding steroid dienone is 2. The molecule has 2 atom stereocenters. The molecule has 0 amide bonds. The van der Waals surface area contributed by atoms with Gasteiger partial charge in [0, 0.05) is 18.6 Å². The van der Waals surface area contributed by atoms with E-state index in [9.17, 15) is 4.79 Å². The van der Waals surface area contributed by atoms with E-state index in [1.54, 1.807) is 6.26 Å². The summed E-state index contributed by atoms with van der Waals surface area (Å²) in [6, 6.07) is 0. The van der Waals surface area contributed by atoms with E-state index < -0.39 is 13.7 Å². The fourth-order valence-corrected chi connectivity index (χ4v) is 4.26. The molecule has 2 aliphatic rings. The van der Waals surface area contributed by atoms with Crippen molar-refractivity contribution in [2.24, 2.45) is 11.3 Å². The number of ether oxygens (including phenoxy) is 2. The molecule has 1 aliphatic heterocycles. The summed E-state index contributed by atoms with van der Waals surface area (Å²) in [6.07, 6.45) is 7.34. The monoisotopic (exact) mass is 392 g/mol. The summed E-state index contributed by atoms with van der Waals surface area (Å²) in [4.78, 5) is 12.0. The van der Waals surface area contributed by atoms with Gasteiger partial charge in [-0.15, -0.1) is 0 Å². The second-order valence-corrected chi connectivity index (χ2v) is 14.4. The Morgan fingerprint density at radius 2 is 2.04 bits per heavy atom. The molecular formula is C22H36O4Si.